The van der Waals surface area contributed by atoms with Gasteiger partial charge < -0.3 is 19.7 Å². The lowest BCUT2D eigenvalue weighted by Crippen LogP contribution is -2.36. The zero-order valence-corrected chi connectivity index (χ0v) is 16.7. The summed E-state index contributed by atoms with van der Waals surface area (Å²) in [6, 6.07) is 14.0. The van der Waals surface area contributed by atoms with E-state index < -0.39 is 0 Å². The minimum atomic E-state index is -0.00360. The predicted octanol–water partition coefficient (Wildman–Crippen LogP) is 3.96. The highest BCUT2D eigenvalue weighted by Crippen LogP contribution is 2.25. The monoisotopic (exact) mass is 386 g/mol. The van der Waals surface area contributed by atoms with Crippen LogP contribution >= 0.6 is 11.8 Å². The van der Waals surface area contributed by atoms with Crippen molar-refractivity contribution in [1.29, 1.82) is 0 Å². The maximum atomic E-state index is 12.3. The molecule has 1 heterocycles. The summed E-state index contributed by atoms with van der Waals surface area (Å²) >= 11 is 1.52. The molecule has 144 valence electrons. The minimum absolute atomic E-state index is 0.00360. The Balaban J connectivity index is 1.52. The number of anilines is 2. The van der Waals surface area contributed by atoms with Crippen molar-refractivity contribution < 1.29 is 14.3 Å². The Morgan fingerprint density at radius 3 is 2.59 bits per heavy atom. The summed E-state index contributed by atoms with van der Waals surface area (Å²) in [7, 11) is 0. The van der Waals surface area contributed by atoms with E-state index in [0.717, 1.165) is 48.2 Å². The number of nitrogens with zero attached hydrogens (tertiary/aromatic N) is 1. The lowest BCUT2D eigenvalue weighted by Gasteiger charge is -2.29. The number of carbonyl (C=O) groups excluding carboxylic acids is 1. The molecule has 5 nitrogen and oxygen atoms in total. The topological polar surface area (TPSA) is 50.8 Å². The number of hydrogen-bond acceptors (Lipinski definition) is 5. The third-order valence-electron chi connectivity index (χ3n) is 4.36. The largest absolute Gasteiger partial charge is 0.494 e. The second-order valence-electron chi connectivity index (χ2n) is 6.34. The number of ether oxygens (including phenoxy) is 2. The number of carbonyl (C=O) groups is 1. The Hall–Kier alpha value is -2.18. The molecule has 0 aromatic heterocycles. The number of aryl methyl sites for hydroxylation is 1. The van der Waals surface area contributed by atoms with Crippen LogP contribution in [0.15, 0.2) is 47.4 Å². The number of morpholine rings is 1. The van der Waals surface area contributed by atoms with E-state index >= 15 is 0 Å². The molecule has 0 aliphatic carbocycles. The van der Waals surface area contributed by atoms with E-state index in [2.05, 4.69) is 22.3 Å². The highest BCUT2D eigenvalue weighted by Gasteiger charge is 2.13. The number of thioether (sulfide) groups is 1. The van der Waals surface area contributed by atoms with Crippen LogP contribution in [0, 0.1) is 6.92 Å². The molecule has 1 fully saturated rings. The summed E-state index contributed by atoms with van der Waals surface area (Å²) in [5.74, 6) is 1.22. The van der Waals surface area contributed by atoms with Gasteiger partial charge in [-0.3, -0.25) is 4.79 Å². The first-order valence-electron chi connectivity index (χ1n) is 9.24. The van der Waals surface area contributed by atoms with Gasteiger partial charge in [-0.05, 0) is 61.9 Å². The van der Waals surface area contributed by atoms with Crippen molar-refractivity contribution in [2.24, 2.45) is 0 Å². The van der Waals surface area contributed by atoms with Crippen LogP contribution in [0.25, 0.3) is 0 Å². The first kappa shape index (κ1) is 19.6. The highest BCUT2D eigenvalue weighted by molar-refractivity contribution is 8.00. The van der Waals surface area contributed by atoms with Crippen LogP contribution in [0.5, 0.6) is 5.75 Å². The molecule has 1 amide bonds. The molecule has 0 bridgehead atoms. The first-order chi connectivity index (χ1) is 13.2. The molecule has 1 aliphatic rings. The molecule has 0 saturated carbocycles. The van der Waals surface area contributed by atoms with Crippen LogP contribution in [0.2, 0.25) is 0 Å². The summed E-state index contributed by atoms with van der Waals surface area (Å²) in [6.45, 7) is 7.98. The van der Waals surface area contributed by atoms with Gasteiger partial charge in [0.2, 0.25) is 5.91 Å². The minimum Gasteiger partial charge on any atom is -0.494 e. The normalized spacial score (nSPS) is 14.1. The fourth-order valence-electron chi connectivity index (χ4n) is 2.94. The van der Waals surface area contributed by atoms with Crippen molar-refractivity contribution in [2.45, 2.75) is 18.7 Å². The van der Waals surface area contributed by atoms with Crippen LogP contribution in [0.1, 0.15) is 12.5 Å². The molecule has 27 heavy (non-hydrogen) atoms. The smallest absolute Gasteiger partial charge is 0.234 e. The van der Waals surface area contributed by atoms with E-state index in [0.29, 0.717) is 12.4 Å². The van der Waals surface area contributed by atoms with E-state index in [9.17, 15) is 4.79 Å². The maximum absolute atomic E-state index is 12.3. The van der Waals surface area contributed by atoms with Crippen LogP contribution in [-0.4, -0.2) is 44.6 Å². The Morgan fingerprint density at radius 1 is 1.19 bits per heavy atom. The first-order valence-corrected chi connectivity index (χ1v) is 10.2. The van der Waals surface area contributed by atoms with E-state index in [1.165, 1.54) is 17.4 Å². The summed E-state index contributed by atoms with van der Waals surface area (Å²) in [5, 5.41) is 3.01. The van der Waals surface area contributed by atoms with E-state index in [1.807, 2.05) is 44.2 Å². The fourth-order valence-corrected chi connectivity index (χ4v) is 3.64. The quantitative estimate of drug-likeness (QED) is 0.730. The highest BCUT2D eigenvalue weighted by atomic mass is 32.2. The summed E-state index contributed by atoms with van der Waals surface area (Å²) in [4.78, 5) is 15.7. The number of rotatable bonds is 7. The fraction of sp³-hybridized carbons (Fsp3) is 0.381. The van der Waals surface area contributed by atoms with Gasteiger partial charge in [0.15, 0.2) is 0 Å². The summed E-state index contributed by atoms with van der Waals surface area (Å²) < 4.78 is 10.8. The number of nitrogens with one attached hydrogen (secondary N) is 1. The van der Waals surface area contributed by atoms with Crippen molar-refractivity contribution in [3.8, 4) is 5.75 Å². The summed E-state index contributed by atoms with van der Waals surface area (Å²) in [6.07, 6.45) is 0. The van der Waals surface area contributed by atoms with Crippen molar-refractivity contribution in [3.05, 3.63) is 48.0 Å². The molecular formula is C21H26N2O3S. The maximum Gasteiger partial charge on any atom is 0.234 e. The van der Waals surface area contributed by atoms with E-state index in [-0.39, 0.29) is 5.91 Å². The van der Waals surface area contributed by atoms with E-state index in [4.69, 9.17) is 9.47 Å². The molecule has 0 radical (unpaired) electrons. The second kappa shape index (κ2) is 9.67. The standard InChI is InChI=1S/C21H26N2O3S/c1-3-26-18-5-7-19(8-6-18)27-15-21(24)22-20-9-4-17(14-16(20)2)23-10-12-25-13-11-23/h4-9,14H,3,10-13,15H2,1-2H3,(H,22,24). The number of hydrogen-bond donors (Lipinski definition) is 1. The van der Waals surface area contributed by atoms with Gasteiger partial charge in [-0.15, -0.1) is 11.8 Å². The molecule has 0 spiro atoms. The van der Waals surface area contributed by atoms with Crippen molar-refractivity contribution in [3.63, 3.8) is 0 Å². The lowest BCUT2D eigenvalue weighted by atomic mass is 10.1. The number of amides is 1. The van der Waals surface area contributed by atoms with Crippen LogP contribution < -0.4 is 15.0 Å². The molecule has 2 aromatic carbocycles. The molecule has 1 saturated heterocycles. The molecule has 1 aliphatic heterocycles. The molecule has 6 heteroatoms. The SMILES string of the molecule is CCOc1ccc(SCC(=O)Nc2ccc(N3CCOCC3)cc2C)cc1. The van der Waals surface area contributed by atoms with Gasteiger partial charge in [-0.2, -0.15) is 0 Å². The Labute approximate surface area is 165 Å². The Bertz CT molecular complexity index is 759. The van der Waals surface area contributed by atoms with Crippen LogP contribution in [0.3, 0.4) is 0 Å². The lowest BCUT2D eigenvalue weighted by molar-refractivity contribution is -0.113. The molecule has 0 atom stereocenters. The Morgan fingerprint density at radius 2 is 1.93 bits per heavy atom. The van der Waals surface area contributed by atoms with Crippen LogP contribution in [0.4, 0.5) is 11.4 Å². The summed E-state index contributed by atoms with van der Waals surface area (Å²) in [5.41, 5.74) is 3.11. The average molecular weight is 387 g/mol. The molecule has 1 N–H and O–H groups in total. The van der Waals surface area contributed by atoms with Gasteiger partial charge in [0, 0.05) is 29.4 Å². The van der Waals surface area contributed by atoms with Crippen molar-refractivity contribution in [2.75, 3.05) is 48.9 Å². The van der Waals surface area contributed by atoms with Crippen molar-refractivity contribution >= 4 is 29.0 Å². The molecule has 3 rings (SSSR count). The molecular weight excluding hydrogens is 360 g/mol. The Kier molecular flexibility index (Phi) is 7.01. The zero-order chi connectivity index (χ0) is 19.1. The van der Waals surface area contributed by atoms with E-state index in [1.54, 1.807) is 0 Å². The van der Waals surface area contributed by atoms with Gasteiger partial charge in [-0.1, -0.05) is 0 Å². The van der Waals surface area contributed by atoms with Gasteiger partial charge in [-0.25, -0.2) is 0 Å². The third kappa shape index (κ3) is 5.65. The molecule has 2 aromatic rings. The second-order valence-corrected chi connectivity index (χ2v) is 7.39. The zero-order valence-electron chi connectivity index (χ0n) is 15.9. The van der Waals surface area contributed by atoms with Gasteiger partial charge in [0.05, 0.1) is 25.6 Å². The predicted molar refractivity (Wildman–Crippen MR) is 111 cm³/mol. The van der Waals surface area contributed by atoms with Crippen LogP contribution in [-0.2, 0) is 9.53 Å². The number of benzene rings is 2. The van der Waals surface area contributed by atoms with Crippen molar-refractivity contribution in [1.82, 2.24) is 0 Å². The third-order valence-corrected chi connectivity index (χ3v) is 5.38. The average Bonchev–Trinajstić information content (AvgIpc) is 2.70. The molecule has 0 unspecified atom stereocenters. The van der Waals surface area contributed by atoms with Gasteiger partial charge in [0.1, 0.15) is 5.75 Å². The van der Waals surface area contributed by atoms with Gasteiger partial charge >= 0.3 is 0 Å². The van der Waals surface area contributed by atoms with Gasteiger partial charge in [0.25, 0.3) is 0 Å².